The van der Waals surface area contributed by atoms with Crippen molar-refractivity contribution in [1.29, 1.82) is 0 Å². The van der Waals surface area contributed by atoms with Crippen LogP contribution in [0.2, 0.25) is 0 Å². The van der Waals surface area contributed by atoms with Gasteiger partial charge in [-0.1, -0.05) is 50.6 Å². The van der Waals surface area contributed by atoms with Crippen molar-refractivity contribution in [3.05, 3.63) is 34.6 Å². The summed E-state index contributed by atoms with van der Waals surface area (Å²) in [6, 6.07) is 7.59. The molecule has 5 nitrogen and oxygen atoms in total. The largest absolute Gasteiger partial charge is 0.352 e. The van der Waals surface area contributed by atoms with Crippen molar-refractivity contribution in [2.24, 2.45) is 11.8 Å². The van der Waals surface area contributed by atoms with Gasteiger partial charge in [0.15, 0.2) is 5.16 Å². The molecule has 3 rings (SSSR count). The van der Waals surface area contributed by atoms with Crippen molar-refractivity contribution in [2.75, 3.05) is 0 Å². The maximum Gasteiger partial charge on any atom is 0.262 e. The summed E-state index contributed by atoms with van der Waals surface area (Å²) in [5.41, 5.74) is 0.625. The summed E-state index contributed by atoms with van der Waals surface area (Å²) in [7, 11) is 0. The summed E-state index contributed by atoms with van der Waals surface area (Å²) in [5.74, 6) is 1.14. The summed E-state index contributed by atoms with van der Waals surface area (Å²) < 4.78 is 1.70. The Morgan fingerprint density at radius 1 is 1.21 bits per heavy atom. The molecule has 1 aliphatic rings. The molecule has 2 aromatic rings. The number of carbonyl (C=O) groups is 1. The van der Waals surface area contributed by atoms with Crippen LogP contribution in [0.1, 0.15) is 59.9 Å². The summed E-state index contributed by atoms with van der Waals surface area (Å²) in [4.78, 5) is 30.5. The lowest BCUT2D eigenvalue weighted by atomic mass is 9.78. The van der Waals surface area contributed by atoms with Crippen molar-refractivity contribution < 1.29 is 4.79 Å². The number of hydrogen-bond acceptors (Lipinski definition) is 4. The van der Waals surface area contributed by atoms with Crippen molar-refractivity contribution in [2.45, 2.75) is 76.4 Å². The van der Waals surface area contributed by atoms with E-state index in [1.165, 1.54) is 18.2 Å². The molecule has 6 heteroatoms. The van der Waals surface area contributed by atoms with E-state index in [0.717, 1.165) is 12.8 Å². The second kappa shape index (κ2) is 8.68. The fourth-order valence-corrected chi connectivity index (χ4v) is 5.01. The van der Waals surface area contributed by atoms with Gasteiger partial charge < -0.3 is 5.32 Å². The van der Waals surface area contributed by atoms with Crippen molar-refractivity contribution in [3.8, 4) is 0 Å². The number of hydrogen-bond donors (Lipinski definition) is 1. The monoisotopic (exact) mass is 401 g/mol. The summed E-state index contributed by atoms with van der Waals surface area (Å²) in [6.07, 6.45) is 3.44. The van der Waals surface area contributed by atoms with Gasteiger partial charge in [0.2, 0.25) is 5.91 Å². The van der Waals surface area contributed by atoms with Crippen LogP contribution in [0.4, 0.5) is 0 Å². The van der Waals surface area contributed by atoms with E-state index in [0.29, 0.717) is 27.9 Å². The molecule has 1 amide bonds. The third-order valence-electron chi connectivity index (χ3n) is 5.98. The smallest absolute Gasteiger partial charge is 0.262 e. The van der Waals surface area contributed by atoms with Crippen LogP contribution in [0.3, 0.4) is 0 Å². The highest BCUT2D eigenvalue weighted by Crippen LogP contribution is 2.30. The predicted octanol–water partition coefficient (Wildman–Crippen LogP) is 4.40. The van der Waals surface area contributed by atoms with Gasteiger partial charge in [0.05, 0.1) is 16.2 Å². The van der Waals surface area contributed by atoms with Gasteiger partial charge in [-0.25, -0.2) is 4.98 Å². The van der Waals surface area contributed by atoms with Gasteiger partial charge in [-0.3, -0.25) is 14.2 Å². The Kier molecular flexibility index (Phi) is 6.48. The average molecular weight is 402 g/mol. The molecule has 1 N–H and O–H groups in total. The number of amides is 1. The Bertz CT molecular complexity index is 908. The van der Waals surface area contributed by atoms with Crippen LogP contribution in [0, 0.1) is 11.8 Å². The van der Waals surface area contributed by atoms with E-state index in [1.54, 1.807) is 10.6 Å². The Labute approximate surface area is 171 Å². The highest BCUT2D eigenvalue weighted by molar-refractivity contribution is 8.00. The van der Waals surface area contributed by atoms with Crippen molar-refractivity contribution >= 4 is 28.6 Å². The van der Waals surface area contributed by atoms with E-state index < -0.39 is 0 Å². The molecular formula is C22H31N3O2S. The van der Waals surface area contributed by atoms with Crippen LogP contribution < -0.4 is 10.9 Å². The first kappa shape index (κ1) is 20.9. The first-order chi connectivity index (χ1) is 13.3. The van der Waals surface area contributed by atoms with Gasteiger partial charge in [0.1, 0.15) is 0 Å². The topological polar surface area (TPSA) is 64.0 Å². The van der Waals surface area contributed by atoms with Crippen molar-refractivity contribution in [1.82, 2.24) is 14.9 Å². The quantitative estimate of drug-likeness (QED) is 0.596. The third kappa shape index (κ3) is 4.27. The second-order valence-electron chi connectivity index (χ2n) is 8.32. The molecule has 4 atom stereocenters. The lowest BCUT2D eigenvalue weighted by Crippen LogP contribution is -2.46. The molecule has 152 valence electrons. The Morgan fingerprint density at radius 3 is 2.64 bits per heavy atom. The molecule has 1 aliphatic carbocycles. The minimum atomic E-state index is -0.317. The molecule has 0 saturated heterocycles. The Hall–Kier alpha value is -1.82. The first-order valence-corrected chi connectivity index (χ1v) is 11.2. The lowest BCUT2D eigenvalue weighted by molar-refractivity contribution is -0.121. The van der Waals surface area contributed by atoms with Crippen molar-refractivity contribution in [3.63, 3.8) is 0 Å². The molecule has 0 bridgehead atoms. The molecule has 0 spiro atoms. The van der Waals surface area contributed by atoms with E-state index in [1.807, 2.05) is 39.0 Å². The van der Waals surface area contributed by atoms with E-state index in [-0.39, 0.29) is 28.8 Å². The lowest BCUT2D eigenvalue weighted by Gasteiger charge is -2.35. The van der Waals surface area contributed by atoms with Gasteiger partial charge >= 0.3 is 0 Å². The molecule has 0 aliphatic heterocycles. The summed E-state index contributed by atoms with van der Waals surface area (Å²) in [6.45, 7) is 10.3. The highest BCUT2D eigenvalue weighted by atomic mass is 32.2. The van der Waals surface area contributed by atoms with Gasteiger partial charge in [0.25, 0.3) is 5.56 Å². The Morgan fingerprint density at radius 2 is 1.93 bits per heavy atom. The van der Waals surface area contributed by atoms with Crippen LogP contribution in [0.5, 0.6) is 0 Å². The van der Waals surface area contributed by atoms with Gasteiger partial charge in [-0.2, -0.15) is 0 Å². The van der Waals surface area contributed by atoms with Crippen LogP contribution in [0.15, 0.2) is 34.2 Å². The number of carbonyl (C=O) groups excluding carboxylic acids is 1. The minimum absolute atomic E-state index is 0.0219. The highest BCUT2D eigenvalue weighted by Gasteiger charge is 2.30. The summed E-state index contributed by atoms with van der Waals surface area (Å²) >= 11 is 1.37. The second-order valence-corrected chi connectivity index (χ2v) is 9.63. The molecular weight excluding hydrogens is 370 g/mol. The molecule has 1 saturated carbocycles. The molecule has 1 aromatic carbocycles. The number of nitrogens with zero attached hydrogens (tertiary/aromatic N) is 2. The molecule has 0 radical (unpaired) electrons. The van der Waals surface area contributed by atoms with Gasteiger partial charge in [-0.05, 0) is 51.2 Å². The number of fused-ring (bicyclic) bond motifs is 1. The molecule has 28 heavy (non-hydrogen) atoms. The maximum absolute atomic E-state index is 12.9. The van der Waals surface area contributed by atoms with Crippen LogP contribution in [0.25, 0.3) is 10.9 Å². The number of nitrogens with one attached hydrogen (secondary N) is 1. The zero-order valence-electron chi connectivity index (χ0n) is 17.4. The third-order valence-corrected chi connectivity index (χ3v) is 7.04. The van der Waals surface area contributed by atoms with Gasteiger partial charge in [0, 0.05) is 12.1 Å². The normalized spacial score (nSPS) is 23.7. The SMILES string of the molecule is CC(C)n1c(S[C@H](C)C(=O)N[C@H]2CCC[C@@H](C)[C@H]2C)nc2ccccc2c1=O. The predicted molar refractivity (Wildman–Crippen MR) is 116 cm³/mol. The zero-order chi connectivity index (χ0) is 20.4. The van der Waals surface area contributed by atoms with Crippen LogP contribution in [-0.2, 0) is 4.79 Å². The number of benzene rings is 1. The van der Waals surface area contributed by atoms with E-state index >= 15 is 0 Å². The Balaban J connectivity index is 1.82. The molecule has 0 unspecified atom stereocenters. The maximum atomic E-state index is 12.9. The first-order valence-electron chi connectivity index (χ1n) is 10.3. The average Bonchev–Trinajstić information content (AvgIpc) is 2.65. The van der Waals surface area contributed by atoms with E-state index in [4.69, 9.17) is 4.98 Å². The van der Waals surface area contributed by atoms with Crippen LogP contribution >= 0.6 is 11.8 Å². The fraction of sp³-hybridized carbons (Fsp3) is 0.591. The summed E-state index contributed by atoms with van der Waals surface area (Å²) in [5, 5.41) is 4.14. The minimum Gasteiger partial charge on any atom is -0.352 e. The van der Waals surface area contributed by atoms with E-state index in [2.05, 4.69) is 19.2 Å². The standard InChI is InChI=1S/C22H31N3O2S/c1-13(2)25-21(27)17-10-6-7-11-19(17)24-22(25)28-16(5)20(26)23-18-12-8-9-14(3)15(18)4/h6-7,10-11,13-16,18H,8-9,12H2,1-5H3,(H,23,26)/t14-,15-,16-,18+/m1/s1. The molecule has 1 heterocycles. The van der Waals surface area contributed by atoms with Gasteiger partial charge in [-0.15, -0.1) is 0 Å². The fourth-order valence-electron chi connectivity index (χ4n) is 3.96. The number of rotatable bonds is 5. The zero-order valence-corrected chi connectivity index (χ0v) is 18.3. The number of para-hydroxylation sites is 1. The number of aromatic nitrogens is 2. The number of thioether (sulfide) groups is 1. The molecule has 1 fully saturated rings. The van der Waals surface area contributed by atoms with E-state index in [9.17, 15) is 9.59 Å². The molecule has 1 aromatic heterocycles. The van der Waals surface area contributed by atoms with Crippen LogP contribution in [-0.4, -0.2) is 26.8 Å².